The number of carbonyl (C=O) groups excluding carboxylic acids is 1. The van der Waals surface area contributed by atoms with E-state index >= 15 is 0 Å². The first-order valence-corrected chi connectivity index (χ1v) is 12.1. The lowest BCUT2D eigenvalue weighted by molar-refractivity contribution is -0.139. The van der Waals surface area contributed by atoms with Gasteiger partial charge in [-0.2, -0.15) is 0 Å². The molecule has 2 aromatic heterocycles. The molecule has 1 fully saturated rings. The Bertz CT molecular complexity index is 1210. The highest BCUT2D eigenvalue weighted by Crippen LogP contribution is 2.27. The maximum Gasteiger partial charge on any atom is 0.407 e. The van der Waals surface area contributed by atoms with Crippen molar-refractivity contribution in [3.63, 3.8) is 0 Å². The Balaban J connectivity index is 1.38. The zero-order valence-electron chi connectivity index (χ0n) is 20.6. The third-order valence-electron chi connectivity index (χ3n) is 6.61. The van der Waals surface area contributed by atoms with Crippen LogP contribution in [0.1, 0.15) is 46.8 Å². The number of nitrogens with zero attached hydrogens (tertiary/aromatic N) is 4. The zero-order chi connectivity index (χ0) is 25.5. The number of methoxy groups -OCH3 is 1. The average molecular weight is 490 g/mol. The number of esters is 1. The van der Waals surface area contributed by atoms with Crippen LogP contribution in [0.5, 0.6) is 0 Å². The van der Waals surface area contributed by atoms with Crippen LogP contribution in [0, 0.1) is 6.92 Å². The first kappa shape index (κ1) is 25.1. The molecule has 1 aliphatic rings. The fourth-order valence-electron chi connectivity index (χ4n) is 4.46. The quantitative estimate of drug-likeness (QED) is 0.450. The number of carbonyl (C=O) groups is 2. The molecule has 0 spiro atoms. The Kier molecular flexibility index (Phi) is 8.10. The van der Waals surface area contributed by atoms with Gasteiger partial charge in [-0.15, -0.1) is 0 Å². The molecular formula is C27H31N5O4. The summed E-state index contributed by atoms with van der Waals surface area (Å²) in [6.45, 7) is 3.06. The van der Waals surface area contributed by atoms with Gasteiger partial charge in [0, 0.05) is 36.6 Å². The normalized spacial score (nSPS) is 13.9. The topological polar surface area (TPSA) is 118 Å². The third-order valence-corrected chi connectivity index (χ3v) is 6.61. The van der Waals surface area contributed by atoms with E-state index in [9.17, 15) is 9.59 Å². The van der Waals surface area contributed by atoms with Gasteiger partial charge in [-0.25, -0.2) is 14.8 Å². The number of aryl methyl sites for hydroxylation is 3. The third kappa shape index (κ3) is 6.35. The zero-order valence-corrected chi connectivity index (χ0v) is 20.6. The number of carboxylic acid groups (broad SMARTS) is 1. The van der Waals surface area contributed by atoms with E-state index in [2.05, 4.69) is 15.3 Å². The summed E-state index contributed by atoms with van der Waals surface area (Å²) >= 11 is 0. The second-order valence-electron chi connectivity index (χ2n) is 8.99. The van der Waals surface area contributed by atoms with E-state index in [0.717, 1.165) is 53.0 Å². The molecule has 36 heavy (non-hydrogen) atoms. The summed E-state index contributed by atoms with van der Waals surface area (Å²) in [5, 5.41) is 12.4. The minimum atomic E-state index is -0.858. The molecule has 9 nitrogen and oxygen atoms in total. The molecular weight excluding hydrogens is 458 g/mol. The minimum absolute atomic E-state index is 0.252. The molecule has 0 aliphatic carbocycles. The lowest BCUT2D eigenvalue weighted by Gasteiger charge is -2.29. The van der Waals surface area contributed by atoms with E-state index in [-0.39, 0.29) is 18.3 Å². The van der Waals surface area contributed by atoms with Crippen molar-refractivity contribution in [2.45, 2.75) is 44.9 Å². The number of benzene rings is 1. The van der Waals surface area contributed by atoms with Crippen molar-refractivity contribution in [2.75, 3.05) is 25.5 Å². The molecule has 3 aromatic rings. The molecule has 0 bridgehead atoms. The molecule has 0 atom stereocenters. The lowest BCUT2D eigenvalue weighted by Crippen LogP contribution is -2.36. The van der Waals surface area contributed by atoms with Crippen molar-refractivity contribution in [3.05, 3.63) is 76.9 Å². The molecule has 0 radical (unpaired) electrons. The molecule has 2 N–H and O–H groups in total. The van der Waals surface area contributed by atoms with E-state index in [1.807, 2.05) is 49.5 Å². The number of piperidine rings is 1. The monoisotopic (exact) mass is 489 g/mol. The Morgan fingerprint density at radius 1 is 1.06 bits per heavy atom. The van der Waals surface area contributed by atoms with Crippen molar-refractivity contribution in [1.82, 2.24) is 19.9 Å². The highest BCUT2D eigenvalue weighted by molar-refractivity contribution is 5.72. The highest BCUT2D eigenvalue weighted by Gasteiger charge is 2.24. The molecule has 1 aromatic carbocycles. The van der Waals surface area contributed by atoms with Crippen LogP contribution in [0.4, 0.5) is 16.4 Å². The smallest absolute Gasteiger partial charge is 0.407 e. The van der Waals surface area contributed by atoms with Crippen molar-refractivity contribution >= 4 is 23.7 Å². The van der Waals surface area contributed by atoms with E-state index in [0.29, 0.717) is 25.5 Å². The maximum absolute atomic E-state index is 11.7. The van der Waals surface area contributed by atoms with Crippen LogP contribution in [-0.2, 0) is 28.8 Å². The number of hydrogen-bond donors (Lipinski definition) is 2. The number of anilines is 2. The summed E-state index contributed by atoms with van der Waals surface area (Å²) in [4.78, 5) is 38.1. The molecule has 0 saturated carbocycles. The number of nitrogens with one attached hydrogen (secondary N) is 1. The molecule has 3 heterocycles. The van der Waals surface area contributed by atoms with Crippen molar-refractivity contribution in [2.24, 2.45) is 0 Å². The first-order valence-electron chi connectivity index (χ1n) is 12.1. The fraction of sp³-hybridized carbons (Fsp3) is 0.370. The van der Waals surface area contributed by atoms with Crippen LogP contribution in [0.25, 0.3) is 0 Å². The predicted molar refractivity (Wildman–Crippen MR) is 135 cm³/mol. The standard InChI is InChI=1S/C27H31N5O4/c1-18-16-29-26(31-23(18)9-7-19-5-3-4-6-21(19)15-25(33)36-2)30-22-8-10-24(28-17-22)20-11-13-32(14-12-20)27(34)35/h3-6,8,10,16-17,20H,7,9,11-15H2,1-2H3,(H,34,35)(H,29,30,31). The van der Waals surface area contributed by atoms with Crippen LogP contribution in [0.15, 0.2) is 48.8 Å². The fourth-order valence-corrected chi connectivity index (χ4v) is 4.46. The van der Waals surface area contributed by atoms with Crippen LogP contribution in [0.3, 0.4) is 0 Å². The van der Waals surface area contributed by atoms with Crippen LogP contribution in [-0.4, -0.2) is 57.2 Å². The molecule has 1 saturated heterocycles. The second-order valence-corrected chi connectivity index (χ2v) is 8.99. The van der Waals surface area contributed by atoms with E-state index in [4.69, 9.17) is 14.8 Å². The number of pyridine rings is 1. The largest absolute Gasteiger partial charge is 0.469 e. The van der Waals surface area contributed by atoms with Crippen LogP contribution >= 0.6 is 0 Å². The van der Waals surface area contributed by atoms with Crippen LogP contribution in [0.2, 0.25) is 0 Å². The minimum Gasteiger partial charge on any atom is -0.469 e. The number of amides is 1. The van der Waals surface area contributed by atoms with Gasteiger partial charge in [-0.05, 0) is 61.4 Å². The molecule has 188 valence electrons. The molecule has 1 aliphatic heterocycles. The van der Waals surface area contributed by atoms with Crippen molar-refractivity contribution < 1.29 is 19.4 Å². The van der Waals surface area contributed by atoms with E-state index in [1.165, 1.54) is 12.0 Å². The molecule has 1 amide bonds. The number of likely N-dealkylation sites (tertiary alicyclic amines) is 1. The van der Waals surface area contributed by atoms with E-state index < -0.39 is 6.09 Å². The van der Waals surface area contributed by atoms with Gasteiger partial charge in [-0.1, -0.05) is 24.3 Å². The molecule has 0 unspecified atom stereocenters. The van der Waals surface area contributed by atoms with Gasteiger partial charge < -0.3 is 20.1 Å². The number of rotatable bonds is 8. The van der Waals surface area contributed by atoms with Gasteiger partial charge in [0.25, 0.3) is 0 Å². The van der Waals surface area contributed by atoms with Gasteiger partial charge in [-0.3, -0.25) is 9.78 Å². The molecule has 9 heteroatoms. The van der Waals surface area contributed by atoms with Crippen molar-refractivity contribution in [1.29, 1.82) is 0 Å². The van der Waals surface area contributed by atoms with Gasteiger partial charge >= 0.3 is 12.1 Å². The summed E-state index contributed by atoms with van der Waals surface area (Å²) in [6, 6.07) is 11.8. The summed E-state index contributed by atoms with van der Waals surface area (Å²) in [5.74, 6) is 0.513. The number of hydrogen-bond acceptors (Lipinski definition) is 7. The summed E-state index contributed by atoms with van der Waals surface area (Å²) < 4.78 is 4.82. The summed E-state index contributed by atoms with van der Waals surface area (Å²) in [7, 11) is 1.40. The van der Waals surface area contributed by atoms with Gasteiger partial charge in [0.15, 0.2) is 0 Å². The van der Waals surface area contributed by atoms with E-state index in [1.54, 1.807) is 6.20 Å². The average Bonchev–Trinajstić information content (AvgIpc) is 2.90. The van der Waals surface area contributed by atoms with Gasteiger partial charge in [0.05, 0.1) is 25.4 Å². The lowest BCUT2D eigenvalue weighted by atomic mass is 9.93. The first-order chi connectivity index (χ1) is 17.4. The Morgan fingerprint density at radius 3 is 2.47 bits per heavy atom. The highest BCUT2D eigenvalue weighted by atomic mass is 16.5. The van der Waals surface area contributed by atoms with Gasteiger partial charge in [0.1, 0.15) is 0 Å². The second kappa shape index (κ2) is 11.6. The summed E-state index contributed by atoms with van der Waals surface area (Å²) in [6.07, 6.45) is 5.99. The van der Waals surface area contributed by atoms with Gasteiger partial charge in [0.2, 0.25) is 5.95 Å². The summed E-state index contributed by atoms with van der Waals surface area (Å²) in [5.41, 5.74) is 5.78. The Labute approximate surface area is 210 Å². The van der Waals surface area contributed by atoms with Crippen molar-refractivity contribution in [3.8, 4) is 0 Å². The van der Waals surface area contributed by atoms with Crippen LogP contribution < -0.4 is 5.32 Å². The Morgan fingerprint density at radius 2 is 1.81 bits per heavy atom. The SMILES string of the molecule is COC(=O)Cc1ccccc1CCc1nc(Nc2ccc(C3CCN(C(=O)O)CC3)nc2)ncc1C. The maximum atomic E-state index is 11.7. The molecule has 4 rings (SSSR count). The number of aromatic nitrogens is 3. The predicted octanol–water partition coefficient (Wildman–Crippen LogP) is 4.28. The Hall–Kier alpha value is -4.01. The number of ether oxygens (including phenoxy) is 1.